The molecule has 0 saturated carbocycles. The molecule has 0 radical (unpaired) electrons. The number of rotatable bonds is 4. The van der Waals surface area contributed by atoms with E-state index in [4.69, 9.17) is 0 Å². The van der Waals surface area contributed by atoms with Gasteiger partial charge in [-0.3, -0.25) is 0 Å². The summed E-state index contributed by atoms with van der Waals surface area (Å²) in [6.07, 6.45) is 0.870. The Morgan fingerprint density at radius 3 is 2.36 bits per heavy atom. The van der Waals surface area contributed by atoms with Gasteiger partial charge in [-0.1, -0.05) is 36.4 Å². The van der Waals surface area contributed by atoms with E-state index in [2.05, 4.69) is 54.4 Å². The van der Waals surface area contributed by atoms with Gasteiger partial charge in [0.05, 0.1) is 0 Å². The summed E-state index contributed by atoms with van der Waals surface area (Å²) >= 11 is 0. The Labute approximate surface area is 150 Å². The van der Waals surface area contributed by atoms with Crippen molar-refractivity contribution in [1.29, 1.82) is 0 Å². The molecular weight excluding hydrogens is 310 g/mol. The van der Waals surface area contributed by atoms with Gasteiger partial charge in [0.2, 0.25) is 0 Å². The minimum absolute atomic E-state index is 0.0515. The lowest BCUT2D eigenvalue weighted by Gasteiger charge is -2.36. The topological polar surface area (TPSA) is 35.6 Å². The second-order valence-corrected chi connectivity index (χ2v) is 6.71. The molecule has 1 fully saturated rings. The number of piperazine rings is 1. The van der Waals surface area contributed by atoms with Gasteiger partial charge < -0.3 is 15.1 Å². The lowest BCUT2D eigenvalue weighted by molar-refractivity contribution is 0.194. The molecule has 1 N–H and O–H groups in total. The lowest BCUT2D eigenvalue weighted by atomic mass is 10.1. The highest BCUT2D eigenvalue weighted by molar-refractivity contribution is 5.74. The van der Waals surface area contributed by atoms with Crippen LogP contribution in [0.15, 0.2) is 48.5 Å². The third kappa shape index (κ3) is 4.53. The monoisotopic (exact) mass is 337 g/mol. The second kappa shape index (κ2) is 8.06. The van der Waals surface area contributed by atoms with E-state index in [1.807, 2.05) is 23.1 Å². The van der Waals surface area contributed by atoms with Crippen molar-refractivity contribution in [2.24, 2.45) is 0 Å². The number of urea groups is 1. The van der Waals surface area contributed by atoms with Gasteiger partial charge >= 0.3 is 6.03 Å². The first kappa shape index (κ1) is 17.3. The van der Waals surface area contributed by atoms with Crippen LogP contribution in [0.2, 0.25) is 0 Å². The Hall–Kier alpha value is -2.49. The summed E-state index contributed by atoms with van der Waals surface area (Å²) in [7, 11) is 0. The van der Waals surface area contributed by atoms with Crippen molar-refractivity contribution in [3.8, 4) is 0 Å². The molecule has 2 aromatic rings. The summed E-state index contributed by atoms with van der Waals surface area (Å²) in [5, 5.41) is 3.04. The average molecular weight is 337 g/mol. The molecule has 0 spiro atoms. The Morgan fingerprint density at radius 2 is 1.68 bits per heavy atom. The van der Waals surface area contributed by atoms with Crippen LogP contribution in [0.3, 0.4) is 0 Å². The highest BCUT2D eigenvalue weighted by Crippen LogP contribution is 2.20. The molecule has 1 aliphatic heterocycles. The van der Waals surface area contributed by atoms with Gasteiger partial charge in [-0.2, -0.15) is 0 Å². The summed E-state index contributed by atoms with van der Waals surface area (Å²) in [6, 6.07) is 16.9. The van der Waals surface area contributed by atoms with E-state index in [1.165, 1.54) is 22.4 Å². The van der Waals surface area contributed by atoms with E-state index in [0.29, 0.717) is 6.54 Å². The number of benzene rings is 2. The van der Waals surface area contributed by atoms with Crippen molar-refractivity contribution < 1.29 is 4.79 Å². The van der Waals surface area contributed by atoms with Crippen molar-refractivity contribution in [2.45, 2.75) is 20.3 Å². The fourth-order valence-electron chi connectivity index (χ4n) is 3.16. The molecule has 1 saturated heterocycles. The van der Waals surface area contributed by atoms with Crippen LogP contribution in [0.1, 0.15) is 16.7 Å². The first-order chi connectivity index (χ1) is 12.1. The predicted molar refractivity (Wildman–Crippen MR) is 103 cm³/mol. The first-order valence-corrected chi connectivity index (χ1v) is 9.02. The van der Waals surface area contributed by atoms with Gasteiger partial charge in [0.1, 0.15) is 0 Å². The standard InChI is InChI=1S/C21H27N3O/c1-17-8-9-20(16-18(17)2)23-12-14-24(15-13-23)21(25)22-11-10-19-6-4-3-5-7-19/h3-9,16H,10-15H2,1-2H3,(H,22,25). The van der Waals surface area contributed by atoms with E-state index in [1.54, 1.807) is 0 Å². The fourth-order valence-corrected chi connectivity index (χ4v) is 3.16. The number of carbonyl (C=O) groups excluding carboxylic acids is 1. The third-order valence-corrected chi connectivity index (χ3v) is 4.96. The van der Waals surface area contributed by atoms with Crippen molar-refractivity contribution in [3.63, 3.8) is 0 Å². The molecule has 0 aromatic heterocycles. The van der Waals surface area contributed by atoms with Gasteiger partial charge in [-0.25, -0.2) is 4.79 Å². The van der Waals surface area contributed by atoms with Gasteiger partial charge in [0.15, 0.2) is 0 Å². The number of anilines is 1. The highest BCUT2D eigenvalue weighted by atomic mass is 16.2. The largest absolute Gasteiger partial charge is 0.368 e. The molecule has 132 valence electrons. The maximum absolute atomic E-state index is 12.3. The molecule has 0 unspecified atom stereocenters. The van der Waals surface area contributed by atoms with Gasteiger partial charge in [0, 0.05) is 38.4 Å². The zero-order chi connectivity index (χ0) is 17.6. The van der Waals surface area contributed by atoms with Crippen LogP contribution < -0.4 is 10.2 Å². The Kier molecular flexibility index (Phi) is 5.59. The number of aryl methyl sites for hydroxylation is 2. The summed E-state index contributed by atoms with van der Waals surface area (Å²) in [6.45, 7) is 8.27. The van der Waals surface area contributed by atoms with E-state index in [-0.39, 0.29) is 6.03 Å². The first-order valence-electron chi connectivity index (χ1n) is 9.02. The minimum Gasteiger partial charge on any atom is -0.368 e. The van der Waals surface area contributed by atoms with Crippen molar-refractivity contribution in [3.05, 3.63) is 65.2 Å². The summed E-state index contributed by atoms with van der Waals surface area (Å²) in [5.41, 5.74) is 5.15. The molecule has 4 heteroatoms. The van der Waals surface area contributed by atoms with Crippen LogP contribution in [0.5, 0.6) is 0 Å². The molecule has 1 aliphatic rings. The van der Waals surface area contributed by atoms with Gasteiger partial charge in [-0.15, -0.1) is 0 Å². The van der Waals surface area contributed by atoms with Crippen LogP contribution in [0.25, 0.3) is 0 Å². The minimum atomic E-state index is 0.0515. The zero-order valence-corrected chi connectivity index (χ0v) is 15.2. The fraction of sp³-hybridized carbons (Fsp3) is 0.381. The van der Waals surface area contributed by atoms with Crippen molar-refractivity contribution in [2.75, 3.05) is 37.6 Å². The van der Waals surface area contributed by atoms with Crippen LogP contribution in [-0.4, -0.2) is 43.7 Å². The SMILES string of the molecule is Cc1ccc(N2CCN(C(=O)NCCc3ccccc3)CC2)cc1C. The number of hydrogen-bond acceptors (Lipinski definition) is 2. The smallest absolute Gasteiger partial charge is 0.317 e. The van der Waals surface area contributed by atoms with Gasteiger partial charge in [-0.05, 0) is 49.1 Å². The lowest BCUT2D eigenvalue weighted by Crippen LogP contribution is -2.52. The number of hydrogen-bond donors (Lipinski definition) is 1. The molecule has 2 aromatic carbocycles. The Bertz CT molecular complexity index is 706. The van der Waals surface area contributed by atoms with E-state index in [9.17, 15) is 4.79 Å². The zero-order valence-electron chi connectivity index (χ0n) is 15.2. The second-order valence-electron chi connectivity index (χ2n) is 6.71. The van der Waals surface area contributed by atoms with Gasteiger partial charge in [0.25, 0.3) is 0 Å². The normalized spacial score (nSPS) is 14.5. The molecule has 25 heavy (non-hydrogen) atoms. The van der Waals surface area contributed by atoms with Crippen molar-refractivity contribution >= 4 is 11.7 Å². The molecule has 3 rings (SSSR count). The van der Waals surface area contributed by atoms with E-state index >= 15 is 0 Å². The molecule has 0 atom stereocenters. The molecule has 0 bridgehead atoms. The molecule has 2 amide bonds. The van der Waals surface area contributed by atoms with Crippen LogP contribution >= 0.6 is 0 Å². The number of nitrogens with one attached hydrogen (secondary N) is 1. The third-order valence-electron chi connectivity index (χ3n) is 4.96. The quantitative estimate of drug-likeness (QED) is 0.928. The number of nitrogens with zero attached hydrogens (tertiary/aromatic N) is 2. The predicted octanol–water partition coefficient (Wildman–Crippen LogP) is 3.38. The maximum atomic E-state index is 12.3. The van der Waals surface area contributed by atoms with Crippen LogP contribution in [0.4, 0.5) is 10.5 Å². The number of amides is 2. The molecule has 1 heterocycles. The van der Waals surface area contributed by atoms with Crippen LogP contribution in [0, 0.1) is 13.8 Å². The molecule has 0 aliphatic carbocycles. The average Bonchev–Trinajstić information content (AvgIpc) is 2.65. The van der Waals surface area contributed by atoms with Crippen molar-refractivity contribution in [1.82, 2.24) is 10.2 Å². The summed E-state index contributed by atoms with van der Waals surface area (Å²) < 4.78 is 0. The maximum Gasteiger partial charge on any atom is 0.317 e. The Balaban J connectivity index is 1.45. The summed E-state index contributed by atoms with van der Waals surface area (Å²) in [4.78, 5) is 16.6. The Morgan fingerprint density at radius 1 is 0.960 bits per heavy atom. The van der Waals surface area contributed by atoms with E-state index in [0.717, 1.165) is 32.6 Å². The molecule has 4 nitrogen and oxygen atoms in total. The highest BCUT2D eigenvalue weighted by Gasteiger charge is 2.21. The summed E-state index contributed by atoms with van der Waals surface area (Å²) in [5.74, 6) is 0. The number of carbonyl (C=O) groups is 1. The molecular formula is C21H27N3O. The van der Waals surface area contributed by atoms with Crippen LogP contribution in [-0.2, 0) is 6.42 Å². The van der Waals surface area contributed by atoms with E-state index < -0.39 is 0 Å².